The SMILES string of the molecule is COc1cc(/C=N\N=C2NC(=O)C[C@@H](C(=O)Nc3cccc(Cl)c3)S2)cc(OC)c1OC. The maximum absolute atomic E-state index is 12.6. The number of halogens is 1. The third-order valence-electron chi connectivity index (χ3n) is 4.30. The first-order valence-corrected chi connectivity index (χ1v) is 10.6. The summed E-state index contributed by atoms with van der Waals surface area (Å²) in [6, 6.07) is 10.2. The van der Waals surface area contributed by atoms with Gasteiger partial charge >= 0.3 is 0 Å². The van der Waals surface area contributed by atoms with Crippen molar-refractivity contribution in [3.05, 3.63) is 47.0 Å². The molecule has 0 saturated carbocycles. The Bertz CT molecular complexity index is 1050. The van der Waals surface area contributed by atoms with E-state index in [0.717, 1.165) is 11.8 Å². The molecule has 1 heterocycles. The third-order valence-corrected chi connectivity index (χ3v) is 5.61. The van der Waals surface area contributed by atoms with Gasteiger partial charge in [0.05, 0.1) is 27.5 Å². The van der Waals surface area contributed by atoms with Crippen LogP contribution in [0, 0.1) is 0 Å². The number of methoxy groups -OCH3 is 3. The highest BCUT2D eigenvalue weighted by Gasteiger charge is 2.30. The van der Waals surface area contributed by atoms with Gasteiger partial charge in [0.15, 0.2) is 16.7 Å². The molecule has 0 unspecified atom stereocenters. The van der Waals surface area contributed by atoms with Gasteiger partial charge in [-0.2, -0.15) is 5.10 Å². The fourth-order valence-corrected chi connectivity index (χ4v) is 3.98. The summed E-state index contributed by atoms with van der Waals surface area (Å²) in [6.45, 7) is 0. The molecule has 3 rings (SSSR count). The van der Waals surface area contributed by atoms with E-state index in [-0.39, 0.29) is 23.4 Å². The van der Waals surface area contributed by atoms with Gasteiger partial charge in [0.2, 0.25) is 17.6 Å². The monoisotopic (exact) mass is 476 g/mol. The van der Waals surface area contributed by atoms with Crippen molar-refractivity contribution in [2.75, 3.05) is 26.6 Å². The van der Waals surface area contributed by atoms with Gasteiger partial charge in [0, 0.05) is 22.7 Å². The van der Waals surface area contributed by atoms with Gasteiger partial charge in [-0.1, -0.05) is 29.4 Å². The van der Waals surface area contributed by atoms with Gasteiger partial charge in [-0.15, -0.1) is 5.10 Å². The normalized spacial score (nSPS) is 17.2. The van der Waals surface area contributed by atoms with Crippen LogP contribution in [0.5, 0.6) is 17.2 Å². The Morgan fingerprint density at radius 3 is 2.53 bits per heavy atom. The van der Waals surface area contributed by atoms with Crippen molar-refractivity contribution < 1.29 is 23.8 Å². The minimum Gasteiger partial charge on any atom is -0.493 e. The molecule has 2 aromatic carbocycles. The Kier molecular flexibility index (Phi) is 7.96. The zero-order valence-corrected chi connectivity index (χ0v) is 19.1. The highest BCUT2D eigenvalue weighted by Crippen LogP contribution is 2.37. The predicted molar refractivity (Wildman–Crippen MR) is 125 cm³/mol. The molecule has 1 atom stereocenters. The van der Waals surface area contributed by atoms with Gasteiger partial charge in [0.1, 0.15) is 5.25 Å². The van der Waals surface area contributed by atoms with Crippen molar-refractivity contribution in [2.45, 2.75) is 11.7 Å². The number of rotatable bonds is 7. The maximum Gasteiger partial charge on any atom is 0.238 e. The molecule has 0 bridgehead atoms. The standard InChI is InChI=1S/C21H21ClN4O5S/c1-29-15-7-12(8-16(30-2)19(15)31-3)11-23-26-21-25-18(27)10-17(32-21)20(28)24-14-6-4-5-13(22)9-14/h4-9,11,17H,10H2,1-3H3,(H,24,28)(H,25,26,27)/b23-11-/t17-/m0/s1. The third kappa shape index (κ3) is 5.92. The van der Waals surface area contributed by atoms with Crippen LogP contribution in [0.4, 0.5) is 5.69 Å². The van der Waals surface area contributed by atoms with Gasteiger partial charge < -0.3 is 24.8 Å². The molecule has 32 heavy (non-hydrogen) atoms. The highest BCUT2D eigenvalue weighted by molar-refractivity contribution is 8.15. The summed E-state index contributed by atoms with van der Waals surface area (Å²) >= 11 is 7.06. The molecular formula is C21H21ClN4O5S. The van der Waals surface area contributed by atoms with Crippen molar-refractivity contribution in [3.8, 4) is 17.2 Å². The number of amidine groups is 1. The lowest BCUT2D eigenvalue weighted by Crippen LogP contribution is -2.41. The largest absolute Gasteiger partial charge is 0.493 e. The van der Waals surface area contributed by atoms with Crippen molar-refractivity contribution in [2.24, 2.45) is 10.2 Å². The first kappa shape index (κ1) is 23.4. The lowest BCUT2D eigenvalue weighted by Gasteiger charge is -2.21. The second-order valence-corrected chi connectivity index (χ2v) is 8.09. The van der Waals surface area contributed by atoms with Crippen LogP contribution in [0.1, 0.15) is 12.0 Å². The van der Waals surface area contributed by atoms with Gasteiger partial charge in [-0.3, -0.25) is 9.59 Å². The van der Waals surface area contributed by atoms with Gasteiger partial charge in [0.25, 0.3) is 0 Å². The topological polar surface area (TPSA) is 111 Å². The molecule has 1 saturated heterocycles. The Morgan fingerprint density at radius 1 is 1.19 bits per heavy atom. The number of hydrogen-bond donors (Lipinski definition) is 2. The van der Waals surface area contributed by atoms with Crippen molar-refractivity contribution in [1.82, 2.24) is 5.32 Å². The molecular weight excluding hydrogens is 456 g/mol. The lowest BCUT2D eigenvalue weighted by atomic mass is 10.2. The van der Waals surface area contributed by atoms with Crippen LogP contribution in [0.25, 0.3) is 0 Å². The summed E-state index contributed by atoms with van der Waals surface area (Å²) in [7, 11) is 4.55. The minimum absolute atomic E-state index is 0.0205. The van der Waals surface area contributed by atoms with Crippen LogP contribution in [-0.2, 0) is 9.59 Å². The molecule has 2 amide bonds. The number of nitrogens with zero attached hydrogens (tertiary/aromatic N) is 2. The first-order chi connectivity index (χ1) is 15.4. The lowest BCUT2D eigenvalue weighted by molar-refractivity contribution is -0.123. The van der Waals surface area contributed by atoms with E-state index in [1.807, 2.05) is 0 Å². The predicted octanol–water partition coefficient (Wildman–Crippen LogP) is 3.32. The fourth-order valence-electron chi connectivity index (χ4n) is 2.85. The highest BCUT2D eigenvalue weighted by atomic mass is 35.5. The van der Waals surface area contributed by atoms with Crippen LogP contribution < -0.4 is 24.8 Å². The van der Waals surface area contributed by atoms with E-state index in [9.17, 15) is 9.59 Å². The number of ether oxygens (including phenoxy) is 3. The molecule has 1 fully saturated rings. The maximum atomic E-state index is 12.6. The number of thioether (sulfide) groups is 1. The van der Waals surface area contributed by atoms with Crippen molar-refractivity contribution in [1.29, 1.82) is 0 Å². The van der Waals surface area contributed by atoms with Crippen LogP contribution >= 0.6 is 23.4 Å². The number of hydrogen-bond acceptors (Lipinski definition) is 8. The van der Waals surface area contributed by atoms with E-state index in [4.69, 9.17) is 25.8 Å². The summed E-state index contributed by atoms with van der Waals surface area (Å²) in [5.74, 6) is 0.755. The molecule has 0 aromatic heterocycles. The molecule has 0 spiro atoms. The molecule has 0 aliphatic carbocycles. The molecule has 0 radical (unpaired) electrons. The summed E-state index contributed by atoms with van der Waals surface area (Å²) in [6.07, 6.45) is 1.49. The van der Waals surface area contributed by atoms with Crippen LogP contribution in [0.2, 0.25) is 5.02 Å². The summed E-state index contributed by atoms with van der Waals surface area (Å²) < 4.78 is 15.9. The number of anilines is 1. The second-order valence-electron chi connectivity index (χ2n) is 6.47. The molecule has 168 valence electrons. The fraction of sp³-hybridized carbons (Fsp3) is 0.238. The average molecular weight is 477 g/mol. The molecule has 11 heteroatoms. The summed E-state index contributed by atoms with van der Waals surface area (Å²) in [5, 5.41) is 13.5. The molecule has 1 aliphatic rings. The molecule has 9 nitrogen and oxygen atoms in total. The van der Waals surface area contributed by atoms with E-state index in [1.54, 1.807) is 36.4 Å². The summed E-state index contributed by atoms with van der Waals surface area (Å²) in [4.78, 5) is 24.6. The Balaban J connectivity index is 1.72. The zero-order valence-electron chi connectivity index (χ0n) is 17.5. The summed E-state index contributed by atoms with van der Waals surface area (Å²) in [5.41, 5.74) is 1.19. The minimum atomic E-state index is -0.655. The van der Waals surface area contributed by atoms with Gasteiger partial charge in [-0.25, -0.2) is 0 Å². The number of carbonyl (C=O) groups excluding carboxylic acids is 2. The second kappa shape index (κ2) is 10.9. The van der Waals surface area contributed by atoms with Crippen molar-refractivity contribution >= 4 is 52.2 Å². The average Bonchev–Trinajstić information content (AvgIpc) is 2.78. The van der Waals surface area contributed by atoms with E-state index in [2.05, 4.69) is 20.8 Å². The number of nitrogens with one attached hydrogen (secondary N) is 2. The van der Waals surface area contributed by atoms with E-state index in [1.165, 1.54) is 27.5 Å². The van der Waals surface area contributed by atoms with E-state index in [0.29, 0.717) is 33.5 Å². The van der Waals surface area contributed by atoms with Crippen molar-refractivity contribution in [3.63, 3.8) is 0 Å². The van der Waals surface area contributed by atoms with Gasteiger partial charge in [-0.05, 0) is 30.3 Å². The molecule has 2 aromatic rings. The number of carbonyl (C=O) groups is 2. The molecule has 2 N–H and O–H groups in total. The zero-order chi connectivity index (χ0) is 23.1. The quantitative estimate of drug-likeness (QED) is 0.468. The number of benzene rings is 2. The Morgan fingerprint density at radius 2 is 1.91 bits per heavy atom. The van der Waals surface area contributed by atoms with E-state index < -0.39 is 5.25 Å². The van der Waals surface area contributed by atoms with Crippen LogP contribution in [-0.4, -0.2) is 49.8 Å². The smallest absolute Gasteiger partial charge is 0.238 e. The molecule has 1 aliphatic heterocycles. The Hall–Kier alpha value is -3.24. The number of amides is 2. The van der Waals surface area contributed by atoms with Crippen LogP contribution in [0.3, 0.4) is 0 Å². The first-order valence-electron chi connectivity index (χ1n) is 9.37. The Labute approximate surface area is 194 Å². The van der Waals surface area contributed by atoms with E-state index >= 15 is 0 Å². The van der Waals surface area contributed by atoms with Crippen LogP contribution in [0.15, 0.2) is 46.6 Å².